The van der Waals surface area contributed by atoms with Crippen molar-refractivity contribution in [3.05, 3.63) is 23.9 Å². The van der Waals surface area contributed by atoms with Crippen molar-refractivity contribution in [2.45, 2.75) is 31.7 Å². The Kier molecular flexibility index (Phi) is 6.74. The van der Waals surface area contributed by atoms with Gasteiger partial charge in [-0.25, -0.2) is 4.98 Å². The molecule has 1 aromatic heterocycles. The van der Waals surface area contributed by atoms with Crippen LogP contribution in [0.25, 0.3) is 0 Å². The molecule has 0 saturated carbocycles. The Morgan fingerprint density at radius 2 is 2.12 bits per heavy atom. The summed E-state index contributed by atoms with van der Waals surface area (Å²) in [5.41, 5.74) is -1.02. The van der Waals surface area contributed by atoms with Gasteiger partial charge in [-0.05, 0) is 24.5 Å². The molecule has 1 aliphatic rings. The highest BCUT2D eigenvalue weighted by Gasteiger charge is 2.37. The molecule has 2 amide bonds. The van der Waals surface area contributed by atoms with Crippen molar-refractivity contribution in [1.29, 1.82) is 0 Å². The lowest BCUT2D eigenvalue weighted by molar-refractivity contribution is -0.144. The van der Waals surface area contributed by atoms with E-state index in [0.717, 1.165) is 11.8 Å². The quantitative estimate of drug-likeness (QED) is 0.769. The van der Waals surface area contributed by atoms with Crippen LogP contribution in [0.5, 0.6) is 5.88 Å². The molecule has 144 valence electrons. The number of amides is 2. The molecule has 6 nitrogen and oxygen atoms in total. The Morgan fingerprint density at radius 1 is 1.42 bits per heavy atom. The molecule has 2 rings (SSSR count). The number of aromatic nitrogens is 1. The van der Waals surface area contributed by atoms with Crippen molar-refractivity contribution >= 4 is 23.6 Å². The van der Waals surface area contributed by atoms with Gasteiger partial charge in [0.25, 0.3) is 0 Å². The van der Waals surface area contributed by atoms with E-state index in [9.17, 15) is 22.8 Å². The number of nitrogens with zero attached hydrogens (tertiary/aromatic N) is 2. The Balaban J connectivity index is 1.89. The number of hydrogen-bond acceptors (Lipinski definition) is 5. The highest BCUT2D eigenvalue weighted by atomic mass is 32.2. The van der Waals surface area contributed by atoms with Crippen LogP contribution < -0.4 is 10.1 Å². The molecule has 0 spiro atoms. The van der Waals surface area contributed by atoms with Crippen LogP contribution in [0.3, 0.4) is 0 Å². The zero-order chi connectivity index (χ0) is 19.3. The van der Waals surface area contributed by atoms with Crippen LogP contribution in [0.2, 0.25) is 0 Å². The number of carbonyl (C=O) groups is 2. The summed E-state index contributed by atoms with van der Waals surface area (Å²) in [6, 6.07) is 2.83. The molecule has 1 aliphatic heterocycles. The van der Waals surface area contributed by atoms with Gasteiger partial charge in [-0.3, -0.25) is 9.59 Å². The zero-order valence-electron chi connectivity index (χ0n) is 14.4. The van der Waals surface area contributed by atoms with E-state index in [1.165, 1.54) is 24.0 Å². The molecule has 10 heteroatoms. The van der Waals surface area contributed by atoms with Gasteiger partial charge in [0.05, 0.1) is 13.1 Å². The van der Waals surface area contributed by atoms with Gasteiger partial charge < -0.3 is 15.0 Å². The van der Waals surface area contributed by atoms with Crippen LogP contribution in [-0.4, -0.2) is 58.9 Å². The number of ether oxygens (including phenoxy) is 1. The largest absolute Gasteiger partial charge is 0.471 e. The number of alkyl halides is 3. The van der Waals surface area contributed by atoms with Crippen molar-refractivity contribution in [3.8, 4) is 5.88 Å². The van der Waals surface area contributed by atoms with Crippen molar-refractivity contribution in [3.63, 3.8) is 0 Å². The lowest BCUT2D eigenvalue weighted by Crippen LogP contribution is -2.61. The third-order valence-electron chi connectivity index (χ3n) is 3.75. The van der Waals surface area contributed by atoms with E-state index in [1.54, 1.807) is 11.8 Å². The molecule has 1 saturated heterocycles. The van der Waals surface area contributed by atoms with Gasteiger partial charge in [-0.15, -0.1) is 0 Å². The van der Waals surface area contributed by atoms with Crippen LogP contribution in [0.15, 0.2) is 18.2 Å². The normalized spacial score (nSPS) is 16.0. The number of likely N-dealkylation sites (tertiary alicyclic amines) is 1. The summed E-state index contributed by atoms with van der Waals surface area (Å²) in [5.74, 6) is 0.0910. The maximum absolute atomic E-state index is 12.7. The highest BCUT2D eigenvalue weighted by Crippen LogP contribution is 2.29. The van der Waals surface area contributed by atoms with Crippen LogP contribution in [-0.2, 0) is 15.8 Å². The van der Waals surface area contributed by atoms with Crippen LogP contribution in [0.1, 0.15) is 19.0 Å². The van der Waals surface area contributed by atoms with E-state index < -0.39 is 24.0 Å². The number of hydrogen-bond donors (Lipinski definition) is 1. The standard InChI is InChI=1S/C16H20F3N3O3S/c1-10(23)20-12(6-7-26-2)15(24)22-8-11(9-22)25-14-5-3-4-13(21-14)16(17,18)19/h3-5,11-12H,6-9H2,1-2H3,(H,20,23). The smallest absolute Gasteiger partial charge is 0.433 e. The van der Waals surface area contributed by atoms with Gasteiger partial charge in [-0.2, -0.15) is 24.9 Å². The number of nitrogens with one attached hydrogen (secondary N) is 1. The molecular formula is C16H20F3N3O3S. The van der Waals surface area contributed by atoms with Crippen LogP contribution in [0.4, 0.5) is 13.2 Å². The SMILES string of the molecule is CSCCC(NC(C)=O)C(=O)N1CC(Oc2cccc(C(F)(F)F)n2)C1. The molecule has 0 aliphatic carbocycles. The lowest BCUT2D eigenvalue weighted by Gasteiger charge is -2.40. The first kappa shape index (κ1) is 20.3. The molecule has 1 fully saturated rings. The number of thioether (sulfide) groups is 1. The van der Waals surface area contributed by atoms with Gasteiger partial charge >= 0.3 is 6.18 Å². The number of rotatable bonds is 7. The van der Waals surface area contributed by atoms with Crippen LogP contribution in [0, 0.1) is 0 Å². The molecule has 1 atom stereocenters. The monoisotopic (exact) mass is 391 g/mol. The molecular weight excluding hydrogens is 371 g/mol. The van der Waals surface area contributed by atoms with E-state index in [0.29, 0.717) is 6.42 Å². The molecule has 1 aromatic rings. The van der Waals surface area contributed by atoms with Gasteiger partial charge in [0.15, 0.2) is 0 Å². The first-order chi connectivity index (χ1) is 12.2. The van der Waals surface area contributed by atoms with Crippen LogP contribution >= 0.6 is 11.8 Å². The summed E-state index contributed by atoms with van der Waals surface area (Å²) in [7, 11) is 0. The van der Waals surface area contributed by atoms with Crippen molar-refractivity contribution in [2.75, 3.05) is 25.1 Å². The van der Waals surface area contributed by atoms with E-state index in [2.05, 4.69) is 10.3 Å². The summed E-state index contributed by atoms with van der Waals surface area (Å²) in [5, 5.41) is 2.63. The molecule has 2 heterocycles. The number of pyridine rings is 1. The van der Waals surface area contributed by atoms with Gasteiger partial charge in [0.2, 0.25) is 17.7 Å². The first-order valence-corrected chi connectivity index (χ1v) is 9.36. The summed E-state index contributed by atoms with van der Waals surface area (Å²) in [6.45, 7) is 1.83. The molecule has 0 radical (unpaired) electrons. The van der Waals surface area contributed by atoms with E-state index >= 15 is 0 Å². The average molecular weight is 391 g/mol. The Bertz CT molecular complexity index is 651. The van der Waals surface area contributed by atoms with Crippen molar-refractivity contribution in [1.82, 2.24) is 15.2 Å². The fraction of sp³-hybridized carbons (Fsp3) is 0.562. The Labute approximate surface area is 153 Å². The average Bonchev–Trinajstić information content (AvgIpc) is 2.53. The minimum absolute atomic E-state index is 0.127. The van der Waals surface area contributed by atoms with E-state index in [4.69, 9.17) is 4.74 Å². The second-order valence-corrected chi connectivity index (χ2v) is 6.86. The maximum Gasteiger partial charge on any atom is 0.433 e. The minimum atomic E-state index is -4.54. The molecule has 1 unspecified atom stereocenters. The highest BCUT2D eigenvalue weighted by molar-refractivity contribution is 7.98. The maximum atomic E-state index is 12.7. The van der Waals surface area contributed by atoms with E-state index in [-0.39, 0.29) is 30.8 Å². The third kappa shape index (κ3) is 5.52. The zero-order valence-corrected chi connectivity index (χ0v) is 15.2. The Hall–Kier alpha value is -1.97. The third-order valence-corrected chi connectivity index (χ3v) is 4.39. The summed E-state index contributed by atoms with van der Waals surface area (Å²) >= 11 is 1.57. The van der Waals surface area contributed by atoms with Gasteiger partial charge in [0, 0.05) is 13.0 Å². The van der Waals surface area contributed by atoms with Gasteiger partial charge in [0.1, 0.15) is 17.8 Å². The molecule has 1 N–H and O–H groups in total. The number of halogens is 3. The minimum Gasteiger partial charge on any atom is -0.471 e. The number of carbonyl (C=O) groups excluding carboxylic acids is 2. The summed E-state index contributed by atoms with van der Waals surface area (Å²) < 4.78 is 43.4. The second-order valence-electron chi connectivity index (χ2n) is 5.88. The molecule has 26 heavy (non-hydrogen) atoms. The summed E-state index contributed by atoms with van der Waals surface area (Å²) in [4.78, 5) is 28.6. The lowest BCUT2D eigenvalue weighted by atomic mass is 10.1. The second kappa shape index (κ2) is 8.61. The van der Waals surface area contributed by atoms with Crippen molar-refractivity contribution < 1.29 is 27.5 Å². The molecule has 0 bridgehead atoms. The Morgan fingerprint density at radius 3 is 2.69 bits per heavy atom. The predicted molar refractivity (Wildman–Crippen MR) is 90.8 cm³/mol. The fourth-order valence-corrected chi connectivity index (χ4v) is 2.93. The van der Waals surface area contributed by atoms with Crippen molar-refractivity contribution in [2.24, 2.45) is 0 Å². The van der Waals surface area contributed by atoms with Gasteiger partial charge in [-0.1, -0.05) is 6.07 Å². The first-order valence-electron chi connectivity index (χ1n) is 7.96. The summed E-state index contributed by atoms with van der Waals surface area (Å²) in [6.07, 6.45) is -2.54. The predicted octanol–water partition coefficient (Wildman–Crippen LogP) is 1.95. The fourth-order valence-electron chi connectivity index (χ4n) is 2.46. The molecule has 0 aromatic carbocycles. The topological polar surface area (TPSA) is 71.5 Å². The van der Waals surface area contributed by atoms with E-state index in [1.807, 2.05) is 6.26 Å².